The Balaban J connectivity index is 1.72. The fourth-order valence-corrected chi connectivity index (χ4v) is 2.57. The summed E-state index contributed by atoms with van der Waals surface area (Å²) < 4.78 is 55.6. The minimum absolute atomic E-state index is 0.0793. The average molecular weight is 362 g/mol. The lowest BCUT2D eigenvalue weighted by molar-refractivity contribution is -0.186. The zero-order chi connectivity index (χ0) is 18.4. The van der Waals surface area contributed by atoms with E-state index in [2.05, 4.69) is 5.32 Å². The van der Waals surface area contributed by atoms with Gasteiger partial charge in [0.15, 0.2) is 0 Å². The SMILES string of the molecule is O=C(NCCCOc1ccc(F)cc1)C1CCCN1C(=O)C(F)(F)F. The van der Waals surface area contributed by atoms with Crippen molar-refractivity contribution in [1.82, 2.24) is 10.2 Å². The number of likely N-dealkylation sites (tertiary alicyclic amines) is 1. The Kier molecular flexibility index (Phi) is 6.22. The fourth-order valence-electron chi connectivity index (χ4n) is 2.57. The van der Waals surface area contributed by atoms with E-state index in [0.29, 0.717) is 23.5 Å². The van der Waals surface area contributed by atoms with Gasteiger partial charge in [-0.15, -0.1) is 0 Å². The third-order valence-electron chi connectivity index (χ3n) is 3.76. The topological polar surface area (TPSA) is 58.6 Å². The Bertz CT molecular complexity index is 604. The van der Waals surface area contributed by atoms with Gasteiger partial charge >= 0.3 is 12.1 Å². The van der Waals surface area contributed by atoms with Gasteiger partial charge in [-0.25, -0.2) is 4.39 Å². The number of rotatable bonds is 6. The number of hydrogen-bond acceptors (Lipinski definition) is 3. The molecule has 1 heterocycles. The predicted molar refractivity (Wildman–Crippen MR) is 80.3 cm³/mol. The van der Waals surface area contributed by atoms with Crippen LogP contribution in [0.4, 0.5) is 17.6 Å². The highest BCUT2D eigenvalue weighted by Crippen LogP contribution is 2.25. The molecule has 1 unspecified atom stereocenters. The van der Waals surface area contributed by atoms with E-state index < -0.39 is 24.0 Å². The molecule has 1 N–H and O–H groups in total. The molecule has 1 aliphatic heterocycles. The van der Waals surface area contributed by atoms with Gasteiger partial charge in [0.1, 0.15) is 17.6 Å². The second-order valence-electron chi connectivity index (χ2n) is 5.60. The number of halogens is 4. The molecule has 1 saturated heterocycles. The number of nitrogens with one attached hydrogen (secondary N) is 1. The number of carbonyl (C=O) groups is 2. The molecule has 2 amide bonds. The van der Waals surface area contributed by atoms with Crippen molar-refractivity contribution < 1.29 is 31.9 Å². The van der Waals surface area contributed by atoms with Gasteiger partial charge in [-0.2, -0.15) is 13.2 Å². The van der Waals surface area contributed by atoms with E-state index in [1.807, 2.05) is 0 Å². The number of amides is 2. The van der Waals surface area contributed by atoms with Gasteiger partial charge in [-0.05, 0) is 43.5 Å². The molecule has 0 saturated carbocycles. The first-order valence-electron chi connectivity index (χ1n) is 7.83. The molecular formula is C16H18F4N2O3. The lowest BCUT2D eigenvalue weighted by Crippen LogP contribution is -2.50. The molecule has 2 rings (SSSR count). The number of carbonyl (C=O) groups excluding carboxylic acids is 2. The van der Waals surface area contributed by atoms with Gasteiger partial charge in [-0.3, -0.25) is 9.59 Å². The molecular weight excluding hydrogens is 344 g/mol. The summed E-state index contributed by atoms with van der Waals surface area (Å²) in [6.45, 7) is 0.371. The summed E-state index contributed by atoms with van der Waals surface area (Å²) in [6.07, 6.45) is -4.00. The van der Waals surface area contributed by atoms with Gasteiger partial charge in [0.2, 0.25) is 5.91 Å². The van der Waals surface area contributed by atoms with Crippen LogP contribution in [0.25, 0.3) is 0 Å². The van der Waals surface area contributed by atoms with Gasteiger partial charge in [0.25, 0.3) is 0 Å². The van der Waals surface area contributed by atoms with E-state index >= 15 is 0 Å². The standard InChI is InChI=1S/C16H18F4N2O3/c17-11-4-6-12(7-5-11)25-10-2-8-21-14(23)13-3-1-9-22(13)15(24)16(18,19)20/h4-7,13H,1-3,8-10H2,(H,21,23). The third kappa shape index (κ3) is 5.33. The number of ether oxygens (including phenoxy) is 1. The van der Waals surface area contributed by atoms with Gasteiger partial charge < -0.3 is 15.0 Å². The molecule has 0 spiro atoms. The molecule has 0 bridgehead atoms. The number of benzene rings is 1. The Hall–Kier alpha value is -2.32. The summed E-state index contributed by atoms with van der Waals surface area (Å²) in [6, 6.07) is 4.35. The lowest BCUT2D eigenvalue weighted by Gasteiger charge is -2.24. The lowest BCUT2D eigenvalue weighted by atomic mass is 10.2. The molecule has 0 aliphatic carbocycles. The molecule has 1 aliphatic rings. The number of alkyl halides is 3. The van der Waals surface area contributed by atoms with Crippen LogP contribution in [0.1, 0.15) is 19.3 Å². The van der Waals surface area contributed by atoms with Crippen LogP contribution in [0.5, 0.6) is 5.75 Å². The first-order valence-corrected chi connectivity index (χ1v) is 7.83. The van der Waals surface area contributed by atoms with Crippen molar-refractivity contribution in [1.29, 1.82) is 0 Å². The number of hydrogen-bond donors (Lipinski definition) is 1. The Morgan fingerprint density at radius 2 is 1.92 bits per heavy atom. The summed E-state index contributed by atoms with van der Waals surface area (Å²) in [5.41, 5.74) is 0. The Morgan fingerprint density at radius 3 is 2.56 bits per heavy atom. The van der Waals surface area contributed by atoms with Gasteiger partial charge in [-0.1, -0.05) is 0 Å². The molecule has 1 atom stereocenters. The van der Waals surface area contributed by atoms with E-state index in [-0.39, 0.29) is 31.9 Å². The quantitative estimate of drug-likeness (QED) is 0.624. The molecule has 138 valence electrons. The minimum atomic E-state index is -4.98. The average Bonchev–Trinajstić information content (AvgIpc) is 3.04. The van der Waals surface area contributed by atoms with Crippen molar-refractivity contribution in [3.8, 4) is 5.75 Å². The minimum Gasteiger partial charge on any atom is -0.494 e. The van der Waals surface area contributed by atoms with E-state index in [1.54, 1.807) is 0 Å². The second-order valence-corrected chi connectivity index (χ2v) is 5.60. The summed E-state index contributed by atoms with van der Waals surface area (Å²) in [7, 11) is 0. The smallest absolute Gasteiger partial charge is 0.471 e. The van der Waals surface area contributed by atoms with Crippen LogP contribution >= 0.6 is 0 Å². The summed E-state index contributed by atoms with van der Waals surface area (Å²) in [4.78, 5) is 23.9. The van der Waals surface area contributed by atoms with Crippen molar-refractivity contribution in [2.45, 2.75) is 31.5 Å². The van der Waals surface area contributed by atoms with Crippen LogP contribution in [0, 0.1) is 5.82 Å². The van der Waals surface area contributed by atoms with Crippen molar-refractivity contribution in [2.24, 2.45) is 0 Å². The van der Waals surface area contributed by atoms with Crippen LogP contribution in [-0.2, 0) is 9.59 Å². The zero-order valence-electron chi connectivity index (χ0n) is 13.3. The van der Waals surface area contributed by atoms with Crippen LogP contribution < -0.4 is 10.1 Å². The number of nitrogens with zero attached hydrogens (tertiary/aromatic N) is 1. The normalized spacial score (nSPS) is 17.4. The molecule has 25 heavy (non-hydrogen) atoms. The van der Waals surface area contributed by atoms with Crippen molar-refractivity contribution >= 4 is 11.8 Å². The highest BCUT2D eigenvalue weighted by atomic mass is 19.4. The largest absolute Gasteiger partial charge is 0.494 e. The first kappa shape index (κ1) is 19.0. The van der Waals surface area contributed by atoms with Crippen molar-refractivity contribution in [3.05, 3.63) is 30.1 Å². The summed E-state index contributed by atoms with van der Waals surface area (Å²) in [5.74, 6) is -2.48. The maximum absolute atomic E-state index is 12.7. The van der Waals surface area contributed by atoms with E-state index in [9.17, 15) is 27.2 Å². The highest BCUT2D eigenvalue weighted by molar-refractivity contribution is 5.90. The molecule has 5 nitrogen and oxygen atoms in total. The summed E-state index contributed by atoms with van der Waals surface area (Å²) in [5, 5.41) is 2.52. The molecule has 0 radical (unpaired) electrons. The monoisotopic (exact) mass is 362 g/mol. The fraction of sp³-hybridized carbons (Fsp3) is 0.500. The third-order valence-corrected chi connectivity index (χ3v) is 3.76. The van der Waals surface area contributed by atoms with Crippen molar-refractivity contribution in [3.63, 3.8) is 0 Å². The van der Waals surface area contributed by atoms with E-state index in [4.69, 9.17) is 4.74 Å². The van der Waals surface area contributed by atoms with Crippen LogP contribution in [0.3, 0.4) is 0 Å². The van der Waals surface area contributed by atoms with Gasteiger partial charge in [0.05, 0.1) is 6.61 Å². The highest BCUT2D eigenvalue weighted by Gasteiger charge is 2.47. The Labute approximate surface area is 141 Å². The van der Waals surface area contributed by atoms with E-state index in [1.165, 1.54) is 24.3 Å². The maximum Gasteiger partial charge on any atom is 0.471 e. The summed E-state index contributed by atoms with van der Waals surface area (Å²) >= 11 is 0. The van der Waals surface area contributed by atoms with Gasteiger partial charge in [0, 0.05) is 13.1 Å². The van der Waals surface area contributed by atoms with Crippen LogP contribution in [0.15, 0.2) is 24.3 Å². The van der Waals surface area contributed by atoms with E-state index in [0.717, 1.165) is 0 Å². The van der Waals surface area contributed by atoms with Crippen molar-refractivity contribution in [2.75, 3.05) is 19.7 Å². The molecule has 1 fully saturated rings. The maximum atomic E-state index is 12.7. The predicted octanol–water partition coefficient (Wildman–Crippen LogP) is 2.26. The molecule has 0 aromatic heterocycles. The first-order chi connectivity index (χ1) is 11.8. The second kappa shape index (κ2) is 8.17. The molecule has 9 heteroatoms. The Morgan fingerprint density at radius 1 is 1.24 bits per heavy atom. The van der Waals surface area contributed by atoms with Crippen LogP contribution in [0.2, 0.25) is 0 Å². The molecule has 1 aromatic rings. The van der Waals surface area contributed by atoms with Crippen LogP contribution in [-0.4, -0.2) is 48.6 Å². The molecule has 1 aromatic carbocycles. The zero-order valence-corrected chi connectivity index (χ0v) is 13.3.